The fraction of sp³-hybridized carbons (Fsp3) is 0.933. The standard InChI is InChI=1S/C15H29N3O/c1-13-6-3-4-11-18(13)15(19)12-17(2)14-7-5-9-16-10-8-14/h13-14,16H,3-12H2,1-2H3. The number of amides is 1. The Morgan fingerprint density at radius 3 is 2.84 bits per heavy atom. The highest BCUT2D eigenvalue weighted by molar-refractivity contribution is 5.78. The molecular weight excluding hydrogens is 238 g/mol. The van der Waals surface area contributed by atoms with Crippen molar-refractivity contribution in [2.24, 2.45) is 0 Å². The van der Waals surface area contributed by atoms with Crippen LogP contribution in [0.1, 0.15) is 45.4 Å². The van der Waals surface area contributed by atoms with Gasteiger partial charge in [-0.05, 0) is 65.6 Å². The molecule has 110 valence electrons. The van der Waals surface area contributed by atoms with Crippen LogP contribution in [0.2, 0.25) is 0 Å². The Bertz CT molecular complexity index is 287. The Kier molecular flexibility index (Phi) is 5.64. The number of hydrogen-bond donors (Lipinski definition) is 1. The Morgan fingerprint density at radius 1 is 1.21 bits per heavy atom. The summed E-state index contributed by atoms with van der Waals surface area (Å²) in [5.41, 5.74) is 0. The van der Waals surface area contributed by atoms with Gasteiger partial charge in [0.05, 0.1) is 6.54 Å². The van der Waals surface area contributed by atoms with Crippen molar-refractivity contribution in [2.45, 2.75) is 57.5 Å². The lowest BCUT2D eigenvalue weighted by atomic mass is 10.0. The molecule has 2 aliphatic rings. The van der Waals surface area contributed by atoms with Crippen LogP contribution in [0.5, 0.6) is 0 Å². The van der Waals surface area contributed by atoms with Crippen molar-refractivity contribution in [1.82, 2.24) is 15.1 Å². The lowest BCUT2D eigenvalue weighted by Crippen LogP contribution is -2.48. The summed E-state index contributed by atoms with van der Waals surface area (Å²) in [5, 5.41) is 3.43. The van der Waals surface area contributed by atoms with Gasteiger partial charge in [0.1, 0.15) is 0 Å². The third-order valence-electron chi connectivity index (χ3n) is 4.68. The van der Waals surface area contributed by atoms with Gasteiger partial charge in [0, 0.05) is 18.6 Å². The van der Waals surface area contributed by atoms with Crippen LogP contribution in [-0.4, -0.2) is 61.0 Å². The van der Waals surface area contributed by atoms with Gasteiger partial charge in [-0.15, -0.1) is 0 Å². The second-order valence-corrected chi connectivity index (χ2v) is 6.18. The van der Waals surface area contributed by atoms with Crippen LogP contribution in [0, 0.1) is 0 Å². The van der Waals surface area contributed by atoms with E-state index in [1.807, 2.05) is 0 Å². The highest BCUT2D eigenvalue weighted by atomic mass is 16.2. The van der Waals surface area contributed by atoms with Gasteiger partial charge in [-0.1, -0.05) is 0 Å². The normalized spacial score (nSPS) is 29.3. The first-order valence-electron chi connectivity index (χ1n) is 7.89. The molecule has 2 fully saturated rings. The summed E-state index contributed by atoms with van der Waals surface area (Å²) in [4.78, 5) is 16.8. The Labute approximate surface area is 117 Å². The van der Waals surface area contributed by atoms with Crippen LogP contribution in [0.25, 0.3) is 0 Å². The van der Waals surface area contributed by atoms with Crippen molar-refractivity contribution in [2.75, 3.05) is 33.2 Å². The van der Waals surface area contributed by atoms with Crippen molar-refractivity contribution < 1.29 is 4.79 Å². The monoisotopic (exact) mass is 267 g/mol. The summed E-state index contributed by atoms with van der Waals surface area (Å²) < 4.78 is 0. The molecule has 2 rings (SSSR count). The molecule has 0 aliphatic carbocycles. The maximum atomic E-state index is 12.4. The van der Waals surface area contributed by atoms with Crippen molar-refractivity contribution >= 4 is 5.91 Å². The number of carbonyl (C=O) groups is 1. The third kappa shape index (κ3) is 4.18. The van der Waals surface area contributed by atoms with Crippen LogP contribution in [0.15, 0.2) is 0 Å². The van der Waals surface area contributed by atoms with E-state index in [-0.39, 0.29) is 0 Å². The lowest BCUT2D eigenvalue weighted by molar-refractivity contribution is -0.135. The van der Waals surface area contributed by atoms with Crippen molar-refractivity contribution in [3.8, 4) is 0 Å². The SMILES string of the molecule is CC1CCCCN1C(=O)CN(C)C1CCCNCC1. The summed E-state index contributed by atoms with van der Waals surface area (Å²) in [7, 11) is 2.11. The van der Waals surface area contributed by atoms with Crippen molar-refractivity contribution in [3.05, 3.63) is 0 Å². The van der Waals surface area contributed by atoms with Crippen molar-refractivity contribution in [1.29, 1.82) is 0 Å². The van der Waals surface area contributed by atoms with E-state index < -0.39 is 0 Å². The molecular formula is C15H29N3O. The van der Waals surface area contributed by atoms with Gasteiger partial charge in [-0.2, -0.15) is 0 Å². The van der Waals surface area contributed by atoms with Crippen molar-refractivity contribution in [3.63, 3.8) is 0 Å². The molecule has 2 atom stereocenters. The van der Waals surface area contributed by atoms with Crippen LogP contribution >= 0.6 is 0 Å². The molecule has 0 radical (unpaired) electrons. The Balaban J connectivity index is 1.83. The Morgan fingerprint density at radius 2 is 2.05 bits per heavy atom. The zero-order valence-electron chi connectivity index (χ0n) is 12.5. The third-order valence-corrected chi connectivity index (χ3v) is 4.68. The average Bonchev–Trinajstić information content (AvgIpc) is 2.68. The first kappa shape index (κ1) is 14.8. The van der Waals surface area contributed by atoms with E-state index in [0.717, 1.165) is 19.6 Å². The highest BCUT2D eigenvalue weighted by Crippen LogP contribution is 2.18. The minimum absolute atomic E-state index is 0.326. The van der Waals surface area contributed by atoms with Gasteiger partial charge in [0.15, 0.2) is 0 Å². The van der Waals surface area contributed by atoms with E-state index in [4.69, 9.17) is 0 Å². The summed E-state index contributed by atoms with van der Waals surface area (Å²) in [6.45, 7) is 5.95. The molecule has 4 nitrogen and oxygen atoms in total. The first-order chi connectivity index (χ1) is 9.18. The lowest BCUT2D eigenvalue weighted by Gasteiger charge is -2.36. The van der Waals surface area contributed by atoms with Crippen LogP contribution < -0.4 is 5.32 Å². The molecule has 2 unspecified atom stereocenters. The number of likely N-dealkylation sites (tertiary alicyclic amines) is 1. The largest absolute Gasteiger partial charge is 0.339 e. The van der Waals surface area contributed by atoms with Crippen LogP contribution in [-0.2, 0) is 4.79 Å². The maximum Gasteiger partial charge on any atom is 0.236 e. The molecule has 4 heteroatoms. The molecule has 0 saturated carbocycles. The zero-order chi connectivity index (χ0) is 13.7. The second kappa shape index (κ2) is 7.25. The number of piperidine rings is 1. The molecule has 0 aromatic heterocycles. The number of rotatable bonds is 3. The Hall–Kier alpha value is -0.610. The van der Waals surface area contributed by atoms with Gasteiger partial charge < -0.3 is 10.2 Å². The first-order valence-corrected chi connectivity index (χ1v) is 7.89. The molecule has 2 aliphatic heterocycles. The van der Waals surface area contributed by atoms with Crippen LogP contribution in [0.4, 0.5) is 0 Å². The van der Waals surface area contributed by atoms with E-state index in [0.29, 0.717) is 24.5 Å². The minimum Gasteiger partial charge on any atom is -0.339 e. The van der Waals surface area contributed by atoms with E-state index in [1.54, 1.807) is 0 Å². The van der Waals surface area contributed by atoms with Gasteiger partial charge >= 0.3 is 0 Å². The second-order valence-electron chi connectivity index (χ2n) is 6.18. The molecule has 0 bridgehead atoms. The van der Waals surface area contributed by atoms with Gasteiger partial charge in [-0.3, -0.25) is 9.69 Å². The number of nitrogens with one attached hydrogen (secondary N) is 1. The molecule has 1 N–H and O–H groups in total. The quantitative estimate of drug-likeness (QED) is 0.841. The van der Waals surface area contributed by atoms with Gasteiger partial charge in [0.25, 0.3) is 0 Å². The molecule has 0 aromatic carbocycles. The molecule has 0 spiro atoms. The van der Waals surface area contributed by atoms with E-state index in [1.165, 1.54) is 38.5 Å². The highest BCUT2D eigenvalue weighted by Gasteiger charge is 2.26. The summed E-state index contributed by atoms with van der Waals surface area (Å²) >= 11 is 0. The predicted molar refractivity (Wildman–Crippen MR) is 78.2 cm³/mol. The van der Waals surface area contributed by atoms with E-state index >= 15 is 0 Å². The molecule has 0 aromatic rings. The molecule has 1 amide bonds. The van der Waals surface area contributed by atoms with E-state index in [9.17, 15) is 4.79 Å². The molecule has 19 heavy (non-hydrogen) atoms. The predicted octanol–water partition coefficient (Wildman–Crippen LogP) is 1.46. The number of nitrogens with zero attached hydrogens (tertiary/aromatic N) is 2. The number of carbonyl (C=O) groups excluding carboxylic acids is 1. The zero-order valence-corrected chi connectivity index (χ0v) is 12.5. The molecule has 2 heterocycles. The smallest absolute Gasteiger partial charge is 0.236 e. The number of likely N-dealkylation sites (N-methyl/N-ethyl adjacent to an activating group) is 1. The maximum absolute atomic E-state index is 12.4. The molecule has 2 saturated heterocycles. The fourth-order valence-electron chi connectivity index (χ4n) is 3.34. The van der Waals surface area contributed by atoms with Gasteiger partial charge in [0.2, 0.25) is 5.91 Å². The summed E-state index contributed by atoms with van der Waals surface area (Å²) in [5.74, 6) is 0.326. The number of hydrogen-bond acceptors (Lipinski definition) is 3. The van der Waals surface area contributed by atoms with Gasteiger partial charge in [-0.25, -0.2) is 0 Å². The average molecular weight is 267 g/mol. The minimum atomic E-state index is 0.326. The summed E-state index contributed by atoms with van der Waals surface area (Å²) in [6, 6.07) is 1.00. The summed E-state index contributed by atoms with van der Waals surface area (Å²) in [6.07, 6.45) is 7.22. The fourth-order valence-corrected chi connectivity index (χ4v) is 3.34. The van der Waals surface area contributed by atoms with E-state index in [2.05, 4.69) is 29.1 Å². The van der Waals surface area contributed by atoms with Crippen LogP contribution in [0.3, 0.4) is 0 Å². The topological polar surface area (TPSA) is 35.6 Å².